The Morgan fingerprint density at radius 2 is 1.92 bits per heavy atom. The summed E-state index contributed by atoms with van der Waals surface area (Å²) in [6.45, 7) is -0.847. The molecule has 0 aromatic heterocycles. The molecule has 1 amide bonds. The molecule has 0 bridgehead atoms. The van der Waals surface area contributed by atoms with E-state index in [-0.39, 0.29) is 11.3 Å². The fourth-order valence-corrected chi connectivity index (χ4v) is 3.55. The highest BCUT2D eigenvalue weighted by molar-refractivity contribution is 8.01. The van der Waals surface area contributed by atoms with Crippen LogP contribution in [0.1, 0.15) is 12.8 Å². The number of hydrogen-bond acceptors (Lipinski definition) is 3. The largest absolute Gasteiger partial charge is 0.406 e. The van der Waals surface area contributed by atoms with E-state index < -0.39 is 18.6 Å². The summed E-state index contributed by atoms with van der Waals surface area (Å²) in [7, 11) is 2.69. The van der Waals surface area contributed by atoms with E-state index in [0.717, 1.165) is 19.9 Å². The van der Waals surface area contributed by atoms with E-state index in [0.29, 0.717) is 17.4 Å². The molecule has 1 aliphatic rings. The summed E-state index contributed by atoms with van der Waals surface area (Å²) in [5.41, 5.74) is 0. The van der Waals surface area contributed by atoms with Crippen LogP contribution < -0.4 is 10.6 Å². The Bertz CT molecular complexity index is 633. The number of likely N-dealkylation sites (N-methyl/N-ethyl adjacent to an activating group) is 1. The van der Waals surface area contributed by atoms with Crippen molar-refractivity contribution in [2.45, 2.75) is 28.7 Å². The number of hydrogen-bond donors (Lipinski definition) is 2. The Hall–Kier alpha value is -1.90. The molecule has 5 nitrogen and oxygen atoms in total. The van der Waals surface area contributed by atoms with Crippen molar-refractivity contribution in [1.82, 2.24) is 15.5 Å². The second-order valence-corrected chi connectivity index (χ2v) is 7.78. The lowest BCUT2D eigenvalue weighted by molar-refractivity contribution is -0.157. The molecular weight excluding hydrogens is 365 g/mol. The predicted octanol–water partition coefficient (Wildman–Crippen LogP) is 2.50. The van der Waals surface area contributed by atoms with Crippen LogP contribution in [0.4, 0.5) is 13.2 Å². The molecule has 1 aromatic carbocycles. The Morgan fingerprint density at radius 1 is 1.27 bits per heavy atom. The van der Waals surface area contributed by atoms with Gasteiger partial charge in [-0.05, 0) is 25.0 Å². The first-order valence-corrected chi connectivity index (χ1v) is 9.04. The van der Waals surface area contributed by atoms with Crippen LogP contribution in [0.15, 0.2) is 40.2 Å². The zero-order chi connectivity index (χ0) is 19.2. The second kappa shape index (κ2) is 8.66. The molecule has 0 radical (unpaired) electrons. The molecule has 1 fully saturated rings. The normalized spacial score (nSPS) is 16.1. The summed E-state index contributed by atoms with van der Waals surface area (Å²) in [6.07, 6.45) is -2.26. The summed E-state index contributed by atoms with van der Waals surface area (Å²) in [4.78, 5) is 17.6. The summed E-state index contributed by atoms with van der Waals surface area (Å²) in [5.74, 6) is -0.247. The zero-order valence-electron chi connectivity index (χ0n) is 14.8. The molecule has 144 valence electrons. The lowest BCUT2D eigenvalue weighted by Gasteiger charge is -2.21. The van der Waals surface area contributed by atoms with Gasteiger partial charge in [-0.15, -0.1) is 11.8 Å². The Morgan fingerprint density at radius 3 is 2.46 bits per heavy atom. The molecular formula is C17H23F3N4OS. The molecule has 1 aliphatic carbocycles. The molecule has 0 unspecified atom stereocenters. The number of halogens is 3. The zero-order valence-corrected chi connectivity index (χ0v) is 15.6. The first-order chi connectivity index (χ1) is 12.2. The molecule has 26 heavy (non-hydrogen) atoms. The number of nitrogens with one attached hydrogen (secondary N) is 2. The van der Waals surface area contributed by atoms with Crippen LogP contribution in [0.3, 0.4) is 0 Å². The van der Waals surface area contributed by atoms with E-state index in [1.54, 1.807) is 18.8 Å². The smallest absolute Gasteiger partial charge is 0.355 e. The summed E-state index contributed by atoms with van der Waals surface area (Å²) >= 11 is 1.80. The van der Waals surface area contributed by atoms with Gasteiger partial charge in [0, 0.05) is 30.3 Å². The average Bonchev–Trinajstić information content (AvgIpc) is 3.33. The van der Waals surface area contributed by atoms with E-state index in [2.05, 4.69) is 27.8 Å². The van der Waals surface area contributed by atoms with E-state index in [1.165, 1.54) is 4.90 Å². The maximum atomic E-state index is 12.3. The fraction of sp³-hybridized carbons (Fsp3) is 0.529. The van der Waals surface area contributed by atoms with E-state index in [1.807, 2.05) is 18.2 Å². The molecule has 9 heteroatoms. The first-order valence-electron chi connectivity index (χ1n) is 8.22. The van der Waals surface area contributed by atoms with Gasteiger partial charge in [-0.3, -0.25) is 9.79 Å². The first kappa shape index (κ1) is 20.4. The number of alkyl halides is 3. The molecule has 0 atom stereocenters. The standard InChI is InChI=1S/C17H23F3N4OS/c1-21-15(22-10-14(25)24(2)12-17(18,19)20)23-11-16(8-9-16)26-13-6-4-3-5-7-13/h3-7H,8-12H2,1-2H3,(H2,21,22,23). The molecule has 0 spiro atoms. The van der Waals surface area contributed by atoms with Crippen molar-refractivity contribution in [2.75, 3.05) is 33.7 Å². The van der Waals surface area contributed by atoms with Crippen molar-refractivity contribution in [3.8, 4) is 0 Å². The van der Waals surface area contributed by atoms with Crippen LogP contribution in [-0.2, 0) is 4.79 Å². The third kappa shape index (κ3) is 6.78. The van der Waals surface area contributed by atoms with E-state index in [4.69, 9.17) is 0 Å². The second-order valence-electron chi connectivity index (χ2n) is 6.24. The molecule has 2 rings (SSSR count). The van der Waals surface area contributed by atoms with Crippen molar-refractivity contribution in [3.05, 3.63) is 30.3 Å². The molecule has 0 saturated heterocycles. The highest BCUT2D eigenvalue weighted by Gasteiger charge is 2.43. The van der Waals surface area contributed by atoms with E-state index in [9.17, 15) is 18.0 Å². The maximum Gasteiger partial charge on any atom is 0.406 e. The maximum absolute atomic E-state index is 12.3. The van der Waals surface area contributed by atoms with Crippen LogP contribution in [0.2, 0.25) is 0 Å². The highest BCUT2D eigenvalue weighted by Crippen LogP contribution is 2.51. The third-order valence-corrected chi connectivity index (χ3v) is 5.43. The average molecular weight is 388 g/mol. The summed E-state index contributed by atoms with van der Waals surface area (Å²) in [5, 5.41) is 5.93. The Labute approximate surface area is 155 Å². The van der Waals surface area contributed by atoms with Crippen molar-refractivity contribution in [1.29, 1.82) is 0 Å². The number of amides is 1. The predicted molar refractivity (Wildman–Crippen MR) is 97.3 cm³/mol. The molecule has 2 N–H and O–H groups in total. The Balaban J connectivity index is 1.77. The quantitative estimate of drug-likeness (QED) is 0.557. The monoisotopic (exact) mass is 388 g/mol. The Kier molecular flexibility index (Phi) is 6.80. The number of guanidine groups is 1. The minimum Gasteiger partial charge on any atom is -0.355 e. The number of aliphatic imine (C=N–C) groups is 1. The van der Waals surface area contributed by atoms with Gasteiger partial charge in [0.05, 0.1) is 6.54 Å². The van der Waals surface area contributed by atoms with Crippen LogP contribution in [0, 0.1) is 0 Å². The topological polar surface area (TPSA) is 56.7 Å². The lowest BCUT2D eigenvalue weighted by Crippen LogP contribution is -2.47. The van der Waals surface area contributed by atoms with Gasteiger partial charge >= 0.3 is 6.18 Å². The molecule has 1 saturated carbocycles. The number of rotatable bonds is 7. The summed E-state index contributed by atoms with van der Waals surface area (Å²) in [6, 6.07) is 10.1. The third-order valence-electron chi connectivity index (χ3n) is 3.94. The molecule has 1 aromatic rings. The minimum atomic E-state index is -4.41. The van der Waals surface area contributed by atoms with Gasteiger partial charge in [0.1, 0.15) is 6.54 Å². The highest BCUT2D eigenvalue weighted by atomic mass is 32.2. The van der Waals surface area contributed by atoms with Gasteiger partial charge in [0.2, 0.25) is 5.91 Å². The van der Waals surface area contributed by atoms with E-state index >= 15 is 0 Å². The molecule has 0 aliphatic heterocycles. The fourth-order valence-electron chi connectivity index (χ4n) is 2.31. The van der Waals surface area contributed by atoms with Gasteiger partial charge in [-0.2, -0.15) is 13.2 Å². The van der Waals surface area contributed by atoms with Crippen molar-refractivity contribution in [3.63, 3.8) is 0 Å². The number of thioether (sulfide) groups is 1. The van der Waals surface area contributed by atoms with Crippen LogP contribution in [0.25, 0.3) is 0 Å². The minimum absolute atomic E-state index is 0.0933. The van der Waals surface area contributed by atoms with Crippen LogP contribution in [-0.4, -0.2) is 61.4 Å². The van der Waals surface area contributed by atoms with Crippen LogP contribution >= 0.6 is 11.8 Å². The van der Waals surface area contributed by atoms with Gasteiger partial charge < -0.3 is 15.5 Å². The van der Waals surface area contributed by atoms with Gasteiger partial charge in [-0.25, -0.2) is 0 Å². The molecule has 0 heterocycles. The lowest BCUT2D eigenvalue weighted by atomic mass is 10.4. The number of carbonyl (C=O) groups excluding carboxylic acids is 1. The SMILES string of the molecule is CN=C(NCC(=O)N(C)CC(F)(F)F)NCC1(Sc2ccccc2)CC1. The number of nitrogens with zero attached hydrogens (tertiary/aromatic N) is 2. The number of carbonyl (C=O) groups is 1. The van der Waals surface area contributed by atoms with Crippen LogP contribution in [0.5, 0.6) is 0 Å². The number of benzene rings is 1. The van der Waals surface area contributed by atoms with Crippen molar-refractivity contribution in [2.24, 2.45) is 4.99 Å². The van der Waals surface area contributed by atoms with Gasteiger partial charge in [0.25, 0.3) is 0 Å². The van der Waals surface area contributed by atoms with Gasteiger partial charge in [0.15, 0.2) is 5.96 Å². The van der Waals surface area contributed by atoms with Crippen molar-refractivity contribution < 1.29 is 18.0 Å². The summed E-state index contributed by atoms with van der Waals surface area (Å²) < 4.78 is 37.0. The van der Waals surface area contributed by atoms with Gasteiger partial charge in [-0.1, -0.05) is 18.2 Å². The van der Waals surface area contributed by atoms with Crippen molar-refractivity contribution >= 4 is 23.6 Å².